The highest BCUT2D eigenvalue weighted by atomic mass is 32.1. The quantitative estimate of drug-likeness (QED) is 0.217. The van der Waals surface area contributed by atoms with Gasteiger partial charge >= 0.3 is 11.9 Å². The Morgan fingerprint density at radius 2 is 1.97 bits per heavy atom. The second kappa shape index (κ2) is 10.1. The number of carbonyl (C=O) groups excluding carboxylic acids is 2. The number of carbonyl (C=O) groups is 2. The Bertz CT molecular complexity index is 1600. The van der Waals surface area contributed by atoms with E-state index in [0.717, 1.165) is 11.3 Å². The maximum atomic E-state index is 13.6. The number of rotatable bonds is 6. The van der Waals surface area contributed by atoms with Crippen molar-refractivity contribution in [1.29, 1.82) is 0 Å². The molecule has 0 spiro atoms. The van der Waals surface area contributed by atoms with Gasteiger partial charge in [0, 0.05) is 19.1 Å². The minimum Gasteiger partial charge on any atom is -0.463 e. The predicted molar refractivity (Wildman–Crippen MR) is 131 cm³/mol. The van der Waals surface area contributed by atoms with Crippen LogP contribution in [0.25, 0.3) is 6.08 Å². The summed E-state index contributed by atoms with van der Waals surface area (Å²) in [6, 6.07) is 11.5. The van der Waals surface area contributed by atoms with Gasteiger partial charge in [-0.25, -0.2) is 9.79 Å². The largest absolute Gasteiger partial charge is 0.463 e. The zero-order chi connectivity index (χ0) is 26.0. The summed E-state index contributed by atoms with van der Waals surface area (Å²) in [6.45, 7) is 4.70. The van der Waals surface area contributed by atoms with Gasteiger partial charge in [-0.15, -0.1) is 0 Å². The highest BCUT2D eigenvalue weighted by Gasteiger charge is 2.34. The van der Waals surface area contributed by atoms with Gasteiger partial charge in [-0.2, -0.15) is 0 Å². The molecule has 0 amide bonds. The van der Waals surface area contributed by atoms with Gasteiger partial charge in [-0.3, -0.25) is 24.3 Å². The van der Waals surface area contributed by atoms with Crippen molar-refractivity contribution in [3.63, 3.8) is 0 Å². The minimum absolute atomic E-state index is 0.111. The van der Waals surface area contributed by atoms with Crippen molar-refractivity contribution in [1.82, 2.24) is 4.57 Å². The molecule has 0 aliphatic carbocycles. The molecule has 2 heterocycles. The average Bonchev–Trinajstić information content (AvgIpc) is 3.12. The lowest BCUT2D eigenvalue weighted by Crippen LogP contribution is -2.40. The first-order valence-electron chi connectivity index (χ1n) is 10.9. The first-order valence-corrected chi connectivity index (χ1v) is 11.7. The normalized spacial score (nSPS) is 15.2. The van der Waals surface area contributed by atoms with Gasteiger partial charge in [0.25, 0.3) is 11.2 Å². The third-order valence-corrected chi connectivity index (χ3v) is 6.31. The maximum absolute atomic E-state index is 13.6. The van der Waals surface area contributed by atoms with Crippen molar-refractivity contribution < 1.29 is 24.0 Å². The lowest BCUT2D eigenvalue weighted by Gasteiger charge is -2.24. The van der Waals surface area contributed by atoms with Gasteiger partial charge in [0.05, 0.1) is 33.4 Å². The van der Waals surface area contributed by atoms with Crippen LogP contribution in [0, 0.1) is 10.1 Å². The van der Waals surface area contributed by atoms with Crippen molar-refractivity contribution in [3.05, 3.63) is 101 Å². The Balaban J connectivity index is 1.93. The van der Waals surface area contributed by atoms with Crippen molar-refractivity contribution in [2.24, 2.45) is 4.99 Å². The Morgan fingerprint density at radius 3 is 2.67 bits per heavy atom. The number of hydrogen-bond acceptors (Lipinski definition) is 9. The minimum atomic E-state index is -0.963. The van der Waals surface area contributed by atoms with Crippen LogP contribution in [0.15, 0.2) is 69.6 Å². The lowest BCUT2D eigenvalue weighted by atomic mass is 9.95. The van der Waals surface area contributed by atoms with E-state index in [1.165, 1.54) is 29.7 Å². The van der Waals surface area contributed by atoms with Crippen LogP contribution in [0.4, 0.5) is 5.69 Å². The summed E-state index contributed by atoms with van der Waals surface area (Å²) in [5.74, 6) is -0.789. The molecule has 0 N–H and O–H groups in total. The summed E-state index contributed by atoms with van der Waals surface area (Å²) in [4.78, 5) is 53.5. The Hall–Kier alpha value is -4.38. The summed E-state index contributed by atoms with van der Waals surface area (Å²) < 4.78 is 12.0. The fourth-order valence-electron chi connectivity index (χ4n) is 3.90. The number of thiazole rings is 1. The number of aromatic nitrogens is 1. The maximum Gasteiger partial charge on any atom is 0.338 e. The number of nitro benzene ring substituents is 1. The van der Waals surface area contributed by atoms with Crippen LogP contribution < -0.4 is 19.6 Å². The van der Waals surface area contributed by atoms with Crippen molar-refractivity contribution in [3.8, 4) is 5.75 Å². The molecule has 4 rings (SSSR count). The third-order valence-electron chi connectivity index (χ3n) is 5.33. The Labute approximate surface area is 208 Å². The van der Waals surface area contributed by atoms with E-state index in [4.69, 9.17) is 9.47 Å². The molecule has 1 aliphatic rings. The number of allylic oxidation sites excluding steroid dienone is 1. The molecule has 0 fully saturated rings. The van der Waals surface area contributed by atoms with E-state index in [2.05, 4.69) is 4.99 Å². The summed E-state index contributed by atoms with van der Waals surface area (Å²) in [7, 11) is 0. The molecule has 0 saturated heterocycles. The van der Waals surface area contributed by atoms with Gasteiger partial charge in [0.2, 0.25) is 0 Å². The summed E-state index contributed by atoms with van der Waals surface area (Å²) in [5.41, 5.74) is 0.887. The smallest absolute Gasteiger partial charge is 0.338 e. The van der Waals surface area contributed by atoms with Crippen LogP contribution in [0.3, 0.4) is 0 Å². The molecule has 11 heteroatoms. The molecule has 36 heavy (non-hydrogen) atoms. The number of benzene rings is 2. The van der Waals surface area contributed by atoms with E-state index in [1.807, 2.05) is 0 Å². The summed E-state index contributed by atoms with van der Waals surface area (Å²) in [6.07, 6.45) is 1.63. The molecule has 3 aromatic rings. The first kappa shape index (κ1) is 24.7. The van der Waals surface area contributed by atoms with Crippen LogP contribution in [-0.4, -0.2) is 28.0 Å². The molecule has 1 aromatic heterocycles. The lowest BCUT2D eigenvalue weighted by molar-refractivity contribution is -0.384. The highest BCUT2D eigenvalue weighted by Crippen LogP contribution is 2.32. The number of hydrogen-bond donors (Lipinski definition) is 0. The number of ether oxygens (including phenoxy) is 2. The summed E-state index contributed by atoms with van der Waals surface area (Å²) in [5, 5.41) is 11.4. The van der Waals surface area contributed by atoms with Gasteiger partial charge in [-0.1, -0.05) is 35.6 Å². The zero-order valence-electron chi connectivity index (χ0n) is 19.6. The zero-order valence-corrected chi connectivity index (χ0v) is 20.4. The second-order valence-electron chi connectivity index (χ2n) is 7.82. The van der Waals surface area contributed by atoms with Gasteiger partial charge in [0.1, 0.15) is 5.75 Å². The van der Waals surface area contributed by atoms with E-state index < -0.39 is 28.5 Å². The summed E-state index contributed by atoms with van der Waals surface area (Å²) >= 11 is 1.12. The molecule has 1 atom stereocenters. The fraction of sp³-hybridized carbons (Fsp3) is 0.200. The van der Waals surface area contributed by atoms with E-state index in [0.29, 0.717) is 31.9 Å². The van der Waals surface area contributed by atoms with E-state index in [-0.39, 0.29) is 17.9 Å². The molecule has 10 nitrogen and oxygen atoms in total. The van der Waals surface area contributed by atoms with E-state index >= 15 is 0 Å². The standard InChI is InChI=1S/C25H21N3O7S/c1-4-34-24(31)21-14(2)26-25-27(22(21)17-8-6-9-18(13-17)28(32)33)23(30)20(36-25)12-16-7-5-10-19(11-16)35-15(3)29/h5-13,22H,4H2,1-3H3. The molecule has 0 saturated carbocycles. The molecule has 1 unspecified atom stereocenters. The SMILES string of the molecule is CCOC(=O)C1=C(C)N=c2sc(=Cc3cccc(OC(C)=O)c3)c(=O)n2C1c1cccc([N+](=O)[O-])c1. The molecule has 184 valence electrons. The average molecular weight is 508 g/mol. The van der Waals surface area contributed by atoms with Crippen molar-refractivity contribution in [2.45, 2.75) is 26.8 Å². The monoisotopic (exact) mass is 507 g/mol. The number of nitro groups is 1. The molecule has 0 bridgehead atoms. The van der Waals surface area contributed by atoms with Crippen LogP contribution in [0.1, 0.15) is 37.9 Å². The van der Waals surface area contributed by atoms with Crippen molar-refractivity contribution >= 4 is 35.0 Å². The molecule has 1 aliphatic heterocycles. The molecule has 2 aromatic carbocycles. The van der Waals surface area contributed by atoms with Crippen LogP contribution >= 0.6 is 11.3 Å². The number of nitrogens with zero attached hydrogens (tertiary/aromatic N) is 3. The van der Waals surface area contributed by atoms with Crippen LogP contribution in [-0.2, 0) is 14.3 Å². The number of non-ortho nitro benzene ring substituents is 1. The van der Waals surface area contributed by atoms with Crippen LogP contribution in [0.2, 0.25) is 0 Å². The molecular weight excluding hydrogens is 486 g/mol. The Morgan fingerprint density at radius 1 is 1.22 bits per heavy atom. The van der Waals surface area contributed by atoms with Gasteiger partial charge < -0.3 is 9.47 Å². The van der Waals surface area contributed by atoms with Gasteiger partial charge in [0.15, 0.2) is 4.80 Å². The van der Waals surface area contributed by atoms with Crippen LogP contribution in [0.5, 0.6) is 5.75 Å². The van der Waals surface area contributed by atoms with Gasteiger partial charge in [-0.05, 0) is 43.2 Å². The predicted octanol–water partition coefficient (Wildman–Crippen LogP) is 2.63. The van der Waals surface area contributed by atoms with Crippen molar-refractivity contribution in [2.75, 3.05) is 6.61 Å². The van der Waals surface area contributed by atoms with E-state index in [9.17, 15) is 24.5 Å². The van der Waals surface area contributed by atoms with E-state index in [1.54, 1.807) is 50.3 Å². The topological polar surface area (TPSA) is 130 Å². The fourth-order valence-corrected chi connectivity index (χ4v) is 4.95. The molecular formula is C25H21N3O7S. The number of fused-ring (bicyclic) bond motifs is 1. The highest BCUT2D eigenvalue weighted by molar-refractivity contribution is 7.07. The second-order valence-corrected chi connectivity index (χ2v) is 8.83. The third kappa shape index (κ3) is 4.86. The number of esters is 2. The Kier molecular flexibility index (Phi) is 6.93. The molecule has 0 radical (unpaired) electrons. The first-order chi connectivity index (χ1) is 17.2.